The van der Waals surface area contributed by atoms with Gasteiger partial charge < -0.3 is 10.1 Å². The molecule has 0 radical (unpaired) electrons. The molecule has 0 heterocycles. The van der Waals surface area contributed by atoms with Crippen molar-refractivity contribution in [2.45, 2.75) is 13.8 Å². The van der Waals surface area contributed by atoms with Gasteiger partial charge in [-0.25, -0.2) is 4.79 Å². The maximum absolute atomic E-state index is 13.4. The van der Waals surface area contributed by atoms with Crippen molar-refractivity contribution in [3.8, 4) is 0 Å². The standard InChI is InChI=1S/C25H21NO4/c1-14(2)25(29)30-20-13-12-19(26-16-10-8-15(3)9-11-16)21-22(20)24(28)18-7-5-4-6-17(18)23(21)27/h4-13,21-22,26H,1H2,2-3H3. The van der Waals surface area contributed by atoms with Crippen molar-refractivity contribution in [2.75, 3.05) is 5.32 Å². The van der Waals surface area contributed by atoms with Crippen molar-refractivity contribution in [2.24, 2.45) is 11.8 Å². The molecule has 2 aromatic carbocycles. The molecule has 2 atom stereocenters. The second-order valence-corrected chi connectivity index (χ2v) is 7.58. The molecule has 2 aromatic rings. The van der Waals surface area contributed by atoms with Crippen LogP contribution in [-0.2, 0) is 9.53 Å². The second-order valence-electron chi connectivity index (χ2n) is 7.58. The number of Topliss-reactive ketones (excluding diaryl/α,β-unsaturated/α-hetero) is 2. The molecule has 1 N–H and O–H groups in total. The summed E-state index contributed by atoms with van der Waals surface area (Å²) in [5.74, 6) is -2.59. The van der Waals surface area contributed by atoms with E-state index in [9.17, 15) is 14.4 Å². The highest BCUT2D eigenvalue weighted by Crippen LogP contribution is 2.41. The van der Waals surface area contributed by atoms with E-state index in [2.05, 4.69) is 11.9 Å². The molecule has 0 aromatic heterocycles. The molecule has 0 amide bonds. The highest BCUT2D eigenvalue weighted by molar-refractivity contribution is 6.18. The van der Waals surface area contributed by atoms with E-state index in [1.54, 1.807) is 36.4 Å². The minimum absolute atomic E-state index is 0.162. The van der Waals surface area contributed by atoms with Crippen LogP contribution in [0, 0.1) is 18.8 Å². The molecule has 150 valence electrons. The summed E-state index contributed by atoms with van der Waals surface area (Å²) in [5, 5.41) is 3.27. The van der Waals surface area contributed by atoms with E-state index in [0.717, 1.165) is 11.3 Å². The Morgan fingerprint density at radius 1 is 0.933 bits per heavy atom. The average molecular weight is 399 g/mol. The number of allylic oxidation sites excluding steroid dienone is 4. The molecule has 30 heavy (non-hydrogen) atoms. The van der Waals surface area contributed by atoms with Gasteiger partial charge in [0, 0.05) is 28.1 Å². The van der Waals surface area contributed by atoms with Crippen LogP contribution in [0.2, 0.25) is 0 Å². The highest BCUT2D eigenvalue weighted by Gasteiger charge is 2.47. The Hall–Kier alpha value is -3.73. The van der Waals surface area contributed by atoms with Gasteiger partial charge in [-0.1, -0.05) is 48.5 Å². The summed E-state index contributed by atoms with van der Waals surface area (Å²) in [7, 11) is 0. The molecular formula is C25H21NO4. The Labute approximate surface area is 174 Å². The molecule has 0 bridgehead atoms. The number of nitrogens with one attached hydrogen (secondary N) is 1. The van der Waals surface area contributed by atoms with Gasteiger partial charge in [-0.3, -0.25) is 9.59 Å². The SMILES string of the molecule is C=C(C)C(=O)OC1=CC=C(Nc2ccc(C)cc2)C2C(=O)c3ccccc3C(=O)C12. The fraction of sp³-hybridized carbons (Fsp3) is 0.160. The van der Waals surface area contributed by atoms with E-state index in [-0.39, 0.29) is 22.9 Å². The van der Waals surface area contributed by atoms with E-state index in [1.165, 1.54) is 6.92 Å². The zero-order chi connectivity index (χ0) is 21.4. The normalized spacial score (nSPS) is 19.8. The number of aryl methyl sites for hydroxylation is 1. The summed E-state index contributed by atoms with van der Waals surface area (Å²) in [5.41, 5.74) is 3.45. The van der Waals surface area contributed by atoms with E-state index in [4.69, 9.17) is 4.74 Å². The van der Waals surface area contributed by atoms with Crippen LogP contribution < -0.4 is 5.32 Å². The van der Waals surface area contributed by atoms with Gasteiger partial charge in [-0.2, -0.15) is 0 Å². The van der Waals surface area contributed by atoms with Crippen molar-refractivity contribution >= 4 is 23.2 Å². The summed E-state index contributed by atoms with van der Waals surface area (Å²) in [4.78, 5) is 38.9. The van der Waals surface area contributed by atoms with E-state index in [0.29, 0.717) is 16.8 Å². The summed E-state index contributed by atoms with van der Waals surface area (Å²) in [6.45, 7) is 7.12. The summed E-state index contributed by atoms with van der Waals surface area (Å²) < 4.78 is 5.45. The Kier molecular flexibility index (Phi) is 4.96. The van der Waals surface area contributed by atoms with Crippen LogP contribution in [0.5, 0.6) is 0 Å². The molecule has 0 saturated carbocycles. The van der Waals surface area contributed by atoms with Crippen molar-refractivity contribution in [3.63, 3.8) is 0 Å². The molecule has 0 saturated heterocycles. The molecule has 2 unspecified atom stereocenters. The maximum Gasteiger partial charge on any atom is 0.338 e. The van der Waals surface area contributed by atoms with Gasteiger partial charge in [0.2, 0.25) is 0 Å². The third-order valence-corrected chi connectivity index (χ3v) is 5.32. The number of benzene rings is 2. The highest BCUT2D eigenvalue weighted by atomic mass is 16.5. The predicted octanol–water partition coefficient (Wildman–Crippen LogP) is 4.62. The summed E-state index contributed by atoms with van der Waals surface area (Å²) in [6, 6.07) is 14.5. The van der Waals surface area contributed by atoms with Crippen molar-refractivity contribution in [1.29, 1.82) is 0 Å². The number of anilines is 1. The zero-order valence-corrected chi connectivity index (χ0v) is 16.8. The molecule has 0 spiro atoms. The average Bonchev–Trinajstić information content (AvgIpc) is 2.74. The molecule has 0 fully saturated rings. The fourth-order valence-electron chi connectivity index (χ4n) is 3.76. The number of ether oxygens (including phenoxy) is 1. The van der Waals surface area contributed by atoms with E-state index < -0.39 is 17.8 Å². The first-order valence-electron chi connectivity index (χ1n) is 9.67. The molecule has 5 heteroatoms. The molecule has 5 nitrogen and oxygen atoms in total. The Morgan fingerprint density at radius 3 is 2.13 bits per heavy atom. The number of hydrogen-bond acceptors (Lipinski definition) is 5. The number of fused-ring (bicyclic) bond motifs is 2. The van der Waals surface area contributed by atoms with Crippen LogP contribution >= 0.6 is 0 Å². The first-order valence-corrected chi connectivity index (χ1v) is 9.67. The van der Waals surface area contributed by atoms with Crippen molar-refractivity contribution in [3.05, 3.63) is 101 Å². The minimum atomic E-state index is -0.909. The fourth-order valence-corrected chi connectivity index (χ4v) is 3.76. The van der Waals surface area contributed by atoms with Gasteiger partial charge in [0.25, 0.3) is 0 Å². The van der Waals surface area contributed by atoms with Crippen LogP contribution in [0.1, 0.15) is 33.2 Å². The number of esters is 1. The van der Waals surface area contributed by atoms with Crippen LogP contribution in [0.4, 0.5) is 5.69 Å². The van der Waals surface area contributed by atoms with Crippen LogP contribution in [0.15, 0.2) is 84.3 Å². The van der Waals surface area contributed by atoms with Gasteiger partial charge in [-0.05, 0) is 38.1 Å². The topological polar surface area (TPSA) is 72.5 Å². The third-order valence-electron chi connectivity index (χ3n) is 5.32. The van der Waals surface area contributed by atoms with Crippen LogP contribution in [-0.4, -0.2) is 17.5 Å². The number of carbonyl (C=O) groups is 3. The summed E-state index contributed by atoms with van der Waals surface area (Å²) >= 11 is 0. The lowest BCUT2D eigenvalue weighted by Crippen LogP contribution is -2.42. The smallest absolute Gasteiger partial charge is 0.338 e. The van der Waals surface area contributed by atoms with Gasteiger partial charge in [-0.15, -0.1) is 0 Å². The molecule has 4 rings (SSSR count). The van der Waals surface area contributed by atoms with E-state index in [1.807, 2.05) is 31.2 Å². The molecule has 0 aliphatic heterocycles. The number of rotatable bonds is 4. The van der Waals surface area contributed by atoms with Gasteiger partial charge in [0.15, 0.2) is 11.6 Å². The maximum atomic E-state index is 13.4. The second kappa shape index (κ2) is 7.59. The third kappa shape index (κ3) is 3.39. The number of ketones is 2. The predicted molar refractivity (Wildman–Crippen MR) is 114 cm³/mol. The lowest BCUT2D eigenvalue weighted by atomic mass is 9.70. The Bertz CT molecular complexity index is 1140. The van der Waals surface area contributed by atoms with Gasteiger partial charge in [0.1, 0.15) is 5.76 Å². The molecule has 2 aliphatic rings. The van der Waals surface area contributed by atoms with Crippen molar-refractivity contribution < 1.29 is 19.1 Å². The van der Waals surface area contributed by atoms with Crippen LogP contribution in [0.25, 0.3) is 0 Å². The quantitative estimate of drug-likeness (QED) is 0.600. The van der Waals surface area contributed by atoms with Gasteiger partial charge >= 0.3 is 5.97 Å². The van der Waals surface area contributed by atoms with Gasteiger partial charge in [0.05, 0.1) is 11.8 Å². The first-order chi connectivity index (χ1) is 14.4. The summed E-state index contributed by atoms with van der Waals surface area (Å²) in [6.07, 6.45) is 3.28. The van der Waals surface area contributed by atoms with Crippen molar-refractivity contribution in [1.82, 2.24) is 0 Å². The van der Waals surface area contributed by atoms with E-state index >= 15 is 0 Å². The molecule has 2 aliphatic carbocycles. The number of carbonyl (C=O) groups excluding carboxylic acids is 3. The zero-order valence-electron chi connectivity index (χ0n) is 16.8. The first kappa shape index (κ1) is 19.6. The largest absolute Gasteiger partial charge is 0.427 e. The number of hydrogen-bond donors (Lipinski definition) is 1. The Balaban J connectivity index is 1.79. The minimum Gasteiger partial charge on any atom is -0.427 e. The lowest BCUT2D eigenvalue weighted by Gasteiger charge is -2.35. The monoisotopic (exact) mass is 399 g/mol. The lowest BCUT2D eigenvalue weighted by molar-refractivity contribution is -0.135. The van der Waals surface area contributed by atoms with Crippen LogP contribution in [0.3, 0.4) is 0 Å². The molecular weight excluding hydrogens is 378 g/mol. The Morgan fingerprint density at radius 2 is 1.53 bits per heavy atom.